The summed E-state index contributed by atoms with van der Waals surface area (Å²) < 4.78 is 5.86. The molecule has 0 aliphatic carbocycles. The van der Waals surface area contributed by atoms with E-state index < -0.39 is 6.04 Å². The molecule has 3 aromatic carbocycles. The number of hydrogen-bond acceptors (Lipinski definition) is 3. The normalized spacial score (nSPS) is 12.4. The molecule has 190 valence electrons. The van der Waals surface area contributed by atoms with E-state index in [9.17, 15) is 9.59 Å². The third-order valence-corrected chi connectivity index (χ3v) is 6.44. The number of ether oxygens (including phenoxy) is 1. The van der Waals surface area contributed by atoms with Crippen LogP contribution in [0.3, 0.4) is 0 Å². The van der Waals surface area contributed by atoms with Crippen LogP contribution in [0.2, 0.25) is 0 Å². The topological polar surface area (TPSA) is 58.6 Å². The maximum Gasteiger partial charge on any atom is 0.261 e. The van der Waals surface area contributed by atoms with Crippen LogP contribution in [0.4, 0.5) is 0 Å². The van der Waals surface area contributed by atoms with E-state index in [2.05, 4.69) is 12.2 Å². The van der Waals surface area contributed by atoms with Crippen molar-refractivity contribution in [3.63, 3.8) is 0 Å². The molecular weight excluding hydrogens is 448 g/mol. The highest BCUT2D eigenvalue weighted by atomic mass is 16.5. The number of amides is 2. The summed E-state index contributed by atoms with van der Waals surface area (Å²) in [5.74, 6) is 0.260. The Morgan fingerprint density at radius 3 is 2.11 bits per heavy atom. The van der Waals surface area contributed by atoms with Gasteiger partial charge in [0.15, 0.2) is 6.61 Å². The van der Waals surface area contributed by atoms with Crippen LogP contribution in [0.5, 0.6) is 5.75 Å². The molecule has 0 unspecified atom stereocenters. The van der Waals surface area contributed by atoms with Gasteiger partial charge in [-0.3, -0.25) is 9.59 Å². The Kier molecular flexibility index (Phi) is 10.1. The van der Waals surface area contributed by atoms with E-state index >= 15 is 0 Å². The third kappa shape index (κ3) is 7.98. The van der Waals surface area contributed by atoms with Crippen LogP contribution in [0.15, 0.2) is 78.9 Å². The molecule has 5 nitrogen and oxygen atoms in total. The molecule has 0 heterocycles. The van der Waals surface area contributed by atoms with Crippen molar-refractivity contribution in [3.05, 3.63) is 101 Å². The van der Waals surface area contributed by atoms with Gasteiger partial charge in [0.2, 0.25) is 5.91 Å². The number of aryl methyl sites for hydroxylation is 2. The molecule has 1 N–H and O–H groups in total. The lowest BCUT2D eigenvalue weighted by Crippen LogP contribution is -2.53. The van der Waals surface area contributed by atoms with Crippen LogP contribution < -0.4 is 10.1 Å². The van der Waals surface area contributed by atoms with Gasteiger partial charge in [-0.1, -0.05) is 86.1 Å². The van der Waals surface area contributed by atoms with Crippen molar-refractivity contribution in [3.8, 4) is 5.75 Å². The van der Waals surface area contributed by atoms with Crippen molar-refractivity contribution >= 4 is 11.8 Å². The summed E-state index contributed by atoms with van der Waals surface area (Å²) in [5, 5.41) is 3.09. The van der Waals surface area contributed by atoms with Gasteiger partial charge < -0.3 is 15.0 Å². The molecule has 2 amide bonds. The van der Waals surface area contributed by atoms with E-state index in [0.717, 1.165) is 29.5 Å². The van der Waals surface area contributed by atoms with E-state index in [-0.39, 0.29) is 24.5 Å². The average Bonchev–Trinajstić information content (AvgIpc) is 2.91. The van der Waals surface area contributed by atoms with Crippen molar-refractivity contribution in [2.45, 2.75) is 65.6 Å². The lowest BCUT2D eigenvalue weighted by atomic mass is 10.0. The fourth-order valence-electron chi connectivity index (χ4n) is 3.93. The number of rotatable bonds is 12. The Labute approximate surface area is 215 Å². The summed E-state index contributed by atoms with van der Waals surface area (Å²) in [6.07, 6.45) is 2.18. The zero-order valence-electron chi connectivity index (χ0n) is 21.9. The highest BCUT2D eigenvalue weighted by Gasteiger charge is 2.31. The van der Waals surface area contributed by atoms with Crippen LogP contribution in [0, 0.1) is 6.92 Å². The van der Waals surface area contributed by atoms with Gasteiger partial charge in [0.05, 0.1) is 0 Å². The van der Waals surface area contributed by atoms with Gasteiger partial charge in [-0.2, -0.15) is 0 Å². The monoisotopic (exact) mass is 486 g/mol. The second-order valence-electron chi connectivity index (χ2n) is 9.32. The van der Waals surface area contributed by atoms with Crippen LogP contribution in [-0.2, 0) is 29.0 Å². The molecule has 3 aromatic rings. The molecule has 2 atom stereocenters. The van der Waals surface area contributed by atoms with Gasteiger partial charge in [-0.15, -0.1) is 0 Å². The van der Waals surface area contributed by atoms with Crippen LogP contribution in [0.25, 0.3) is 0 Å². The fraction of sp³-hybridized carbons (Fsp3) is 0.355. The molecule has 0 saturated carbocycles. The first kappa shape index (κ1) is 27.0. The molecule has 0 aromatic heterocycles. The van der Waals surface area contributed by atoms with Gasteiger partial charge in [0.1, 0.15) is 11.8 Å². The molecule has 0 saturated heterocycles. The molecule has 0 radical (unpaired) electrons. The van der Waals surface area contributed by atoms with Crippen LogP contribution in [-0.4, -0.2) is 35.4 Å². The van der Waals surface area contributed by atoms with Crippen molar-refractivity contribution in [2.24, 2.45) is 0 Å². The second-order valence-corrected chi connectivity index (χ2v) is 9.32. The minimum absolute atomic E-state index is 0.0143. The second kappa shape index (κ2) is 13.5. The summed E-state index contributed by atoms with van der Waals surface area (Å²) in [5.41, 5.74) is 4.32. The first-order valence-electron chi connectivity index (χ1n) is 12.8. The molecule has 0 bridgehead atoms. The minimum atomic E-state index is -0.665. The van der Waals surface area contributed by atoms with Gasteiger partial charge in [-0.05, 0) is 55.5 Å². The fourth-order valence-corrected chi connectivity index (χ4v) is 3.93. The average molecular weight is 487 g/mol. The summed E-state index contributed by atoms with van der Waals surface area (Å²) in [6, 6.07) is 25.0. The smallest absolute Gasteiger partial charge is 0.261 e. The van der Waals surface area contributed by atoms with Crippen LogP contribution >= 0.6 is 0 Å². The van der Waals surface area contributed by atoms with E-state index in [1.165, 1.54) is 5.56 Å². The quantitative estimate of drug-likeness (QED) is 0.368. The number of carbonyl (C=O) groups is 2. The maximum atomic E-state index is 13.6. The molecule has 0 fully saturated rings. The Balaban J connectivity index is 1.88. The largest absolute Gasteiger partial charge is 0.484 e. The lowest BCUT2D eigenvalue weighted by molar-refractivity contribution is -0.143. The Bertz CT molecular complexity index is 1090. The molecular formula is C31H38N2O3. The summed E-state index contributed by atoms with van der Waals surface area (Å²) >= 11 is 0. The maximum absolute atomic E-state index is 13.6. The summed E-state index contributed by atoms with van der Waals surface area (Å²) in [6.45, 7) is 8.32. The number of benzene rings is 3. The Hall–Kier alpha value is -3.60. The van der Waals surface area contributed by atoms with Gasteiger partial charge >= 0.3 is 0 Å². The van der Waals surface area contributed by atoms with Gasteiger partial charge in [0, 0.05) is 19.0 Å². The van der Waals surface area contributed by atoms with Gasteiger partial charge in [0.25, 0.3) is 5.91 Å². The van der Waals surface area contributed by atoms with Crippen molar-refractivity contribution in [1.82, 2.24) is 10.2 Å². The van der Waals surface area contributed by atoms with Crippen molar-refractivity contribution in [1.29, 1.82) is 0 Å². The predicted octanol–water partition coefficient (Wildman–Crippen LogP) is 5.49. The van der Waals surface area contributed by atoms with Gasteiger partial charge in [-0.25, -0.2) is 0 Å². The molecule has 5 heteroatoms. The third-order valence-electron chi connectivity index (χ3n) is 6.44. The number of carbonyl (C=O) groups excluding carboxylic acids is 2. The zero-order valence-corrected chi connectivity index (χ0v) is 21.9. The highest BCUT2D eigenvalue weighted by molar-refractivity contribution is 5.88. The van der Waals surface area contributed by atoms with Crippen LogP contribution in [0.1, 0.15) is 49.4 Å². The molecule has 36 heavy (non-hydrogen) atoms. The van der Waals surface area contributed by atoms with Crippen molar-refractivity contribution in [2.75, 3.05) is 6.61 Å². The van der Waals surface area contributed by atoms with Crippen molar-refractivity contribution < 1.29 is 14.3 Å². The first-order chi connectivity index (χ1) is 17.4. The van der Waals surface area contributed by atoms with E-state index in [0.29, 0.717) is 18.7 Å². The summed E-state index contributed by atoms with van der Waals surface area (Å²) in [7, 11) is 0. The predicted molar refractivity (Wildman–Crippen MR) is 145 cm³/mol. The zero-order chi connectivity index (χ0) is 25.9. The molecule has 3 rings (SSSR count). The highest BCUT2D eigenvalue weighted by Crippen LogP contribution is 2.17. The Morgan fingerprint density at radius 2 is 1.50 bits per heavy atom. The van der Waals surface area contributed by atoms with E-state index in [1.54, 1.807) is 4.90 Å². The number of nitrogens with zero attached hydrogens (tertiary/aromatic N) is 1. The SMILES string of the molecule is CCc1ccc(OCC(=O)N(Cc2ccc(C)cc2)[C@H](Cc2ccccc2)C(=O)N[C@H](C)CC)cc1. The minimum Gasteiger partial charge on any atom is -0.484 e. The standard InChI is InChI=1S/C31H38N2O3/c1-5-24(4)32-31(35)29(20-26-10-8-7-9-11-26)33(21-27-14-12-23(3)13-15-27)30(34)22-36-28-18-16-25(6-2)17-19-28/h7-19,24,29H,5-6,20-22H2,1-4H3,(H,32,35)/t24-,29-/m1/s1. The first-order valence-corrected chi connectivity index (χ1v) is 12.8. The Morgan fingerprint density at radius 1 is 0.861 bits per heavy atom. The molecule has 0 aliphatic heterocycles. The molecule has 0 spiro atoms. The van der Waals surface area contributed by atoms with E-state index in [1.807, 2.05) is 99.6 Å². The molecule has 0 aliphatic rings. The lowest BCUT2D eigenvalue weighted by Gasteiger charge is -2.32. The van der Waals surface area contributed by atoms with E-state index in [4.69, 9.17) is 4.74 Å². The number of nitrogens with one attached hydrogen (secondary N) is 1. The number of hydrogen-bond donors (Lipinski definition) is 1. The summed E-state index contributed by atoms with van der Waals surface area (Å²) in [4.78, 5) is 28.8.